The molecule has 7 nitrogen and oxygen atoms in total. The molecule has 182 valence electrons. The quantitative estimate of drug-likeness (QED) is 0.351. The highest BCUT2D eigenvalue weighted by Gasteiger charge is 2.46. The van der Waals surface area contributed by atoms with Crippen LogP contribution in [0.2, 0.25) is 0 Å². The Bertz CT molecular complexity index is 1080. The number of ketones is 1. The minimum absolute atomic E-state index is 0.0228. The van der Waals surface area contributed by atoms with E-state index in [9.17, 15) is 14.7 Å². The van der Waals surface area contributed by atoms with Gasteiger partial charge in [-0.05, 0) is 47.7 Å². The lowest BCUT2D eigenvalue weighted by atomic mass is 9.85. The number of likely N-dealkylation sites (tertiary alicyclic amines) is 1. The molecule has 2 aromatic carbocycles. The van der Waals surface area contributed by atoms with E-state index in [4.69, 9.17) is 14.2 Å². The number of benzene rings is 2. The van der Waals surface area contributed by atoms with Crippen LogP contribution < -0.4 is 9.47 Å². The van der Waals surface area contributed by atoms with Crippen molar-refractivity contribution in [3.8, 4) is 11.5 Å². The molecule has 1 heterocycles. The van der Waals surface area contributed by atoms with Gasteiger partial charge in [0.25, 0.3) is 11.7 Å². The summed E-state index contributed by atoms with van der Waals surface area (Å²) < 4.78 is 16.2. The molecule has 1 atom stereocenters. The summed E-state index contributed by atoms with van der Waals surface area (Å²) in [6, 6.07) is 11.9. The zero-order chi connectivity index (χ0) is 25.0. The van der Waals surface area contributed by atoms with Crippen molar-refractivity contribution < 1.29 is 28.9 Å². The van der Waals surface area contributed by atoms with Gasteiger partial charge in [0.1, 0.15) is 17.3 Å². The topological polar surface area (TPSA) is 85.3 Å². The van der Waals surface area contributed by atoms with E-state index in [1.807, 2.05) is 19.1 Å². The molecule has 2 aromatic rings. The lowest BCUT2D eigenvalue weighted by Crippen LogP contribution is -2.32. The summed E-state index contributed by atoms with van der Waals surface area (Å²) in [5, 5.41) is 11.5. The van der Waals surface area contributed by atoms with E-state index in [1.165, 1.54) is 19.1 Å². The van der Waals surface area contributed by atoms with Crippen molar-refractivity contribution in [3.05, 3.63) is 64.7 Å². The van der Waals surface area contributed by atoms with Gasteiger partial charge in [-0.2, -0.15) is 0 Å². The van der Waals surface area contributed by atoms with Crippen LogP contribution in [0.15, 0.2) is 48.0 Å². The molecule has 0 aromatic heterocycles. The third-order valence-corrected chi connectivity index (χ3v) is 5.90. The molecule has 3 rings (SSSR count). The Morgan fingerprint density at radius 1 is 1.06 bits per heavy atom. The fourth-order valence-electron chi connectivity index (χ4n) is 4.06. The van der Waals surface area contributed by atoms with Crippen molar-refractivity contribution in [2.45, 2.75) is 39.2 Å². The molecule has 1 aliphatic rings. The summed E-state index contributed by atoms with van der Waals surface area (Å²) >= 11 is 0. The van der Waals surface area contributed by atoms with Gasteiger partial charge in [0.15, 0.2) is 0 Å². The number of carbonyl (C=O) groups excluding carboxylic acids is 2. The van der Waals surface area contributed by atoms with E-state index < -0.39 is 17.7 Å². The molecule has 0 saturated carbocycles. The van der Waals surface area contributed by atoms with Crippen molar-refractivity contribution in [1.82, 2.24) is 4.90 Å². The maximum absolute atomic E-state index is 13.2. The highest BCUT2D eigenvalue weighted by molar-refractivity contribution is 6.46. The largest absolute Gasteiger partial charge is 0.507 e. The molecule has 7 heteroatoms. The molecule has 0 spiro atoms. The number of methoxy groups -OCH3 is 2. The van der Waals surface area contributed by atoms with E-state index in [1.54, 1.807) is 30.3 Å². The van der Waals surface area contributed by atoms with E-state index >= 15 is 0 Å². The van der Waals surface area contributed by atoms with Crippen LogP contribution in [-0.4, -0.2) is 55.7 Å². The summed E-state index contributed by atoms with van der Waals surface area (Å²) in [4.78, 5) is 27.7. The monoisotopic (exact) mass is 467 g/mol. The second kappa shape index (κ2) is 10.3. The second-order valence-corrected chi connectivity index (χ2v) is 9.15. The van der Waals surface area contributed by atoms with Gasteiger partial charge in [0.2, 0.25) is 0 Å². The maximum atomic E-state index is 13.2. The van der Waals surface area contributed by atoms with Gasteiger partial charge >= 0.3 is 0 Å². The molecular weight excluding hydrogens is 434 g/mol. The van der Waals surface area contributed by atoms with Gasteiger partial charge in [-0.3, -0.25) is 9.59 Å². The molecule has 1 aliphatic heterocycles. The summed E-state index contributed by atoms with van der Waals surface area (Å²) in [7, 11) is 3.04. The van der Waals surface area contributed by atoms with Crippen LogP contribution in [0.1, 0.15) is 50.4 Å². The molecule has 0 radical (unpaired) electrons. The van der Waals surface area contributed by atoms with E-state index in [0.29, 0.717) is 29.2 Å². The Morgan fingerprint density at radius 2 is 1.74 bits per heavy atom. The number of hydrogen-bond acceptors (Lipinski definition) is 6. The highest BCUT2D eigenvalue weighted by Crippen LogP contribution is 2.42. The van der Waals surface area contributed by atoms with Crippen LogP contribution in [0.3, 0.4) is 0 Å². The Labute approximate surface area is 200 Å². The Morgan fingerprint density at radius 3 is 2.29 bits per heavy atom. The molecule has 0 aliphatic carbocycles. The fourth-order valence-corrected chi connectivity index (χ4v) is 4.06. The molecule has 1 fully saturated rings. The standard InChI is InChI=1S/C27H33NO6/c1-7-34-19-11-8-17(9-12-19)23-22(25(30)26(31)28(23)14-15-32-5)24(29)20-16-18(27(2,3)4)10-13-21(20)33-6/h8-13,16,23,29H,7,14-15H2,1-6H3/b24-22+. The number of nitrogens with zero attached hydrogens (tertiary/aromatic N) is 1. The normalized spacial score (nSPS) is 17.8. The minimum Gasteiger partial charge on any atom is -0.507 e. The van der Waals surface area contributed by atoms with Gasteiger partial charge in [-0.25, -0.2) is 0 Å². The first-order valence-corrected chi connectivity index (χ1v) is 11.3. The molecule has 1 N–H and O–H groups in total. The van der Waals surface area contributed by atoms with Gasteiger partial charge in [-0.15, -0.1) is 0 Å². The summed E-state index contributed by atoms with van der Waals surface area (Å²) in [6.45, 7) is 9.05. The van der Waals surface area contributed by atoms with Gasteiger partial charge in [0, 0.05) is 13.7 Å². The number of Topliss-reactive ketones (excluding diaryl/α,β-unsaturated/α-hetero) is 1. The molecule has 1 amide bonds. The first-order chi connectivity index (χ1) is 16.1. The first kappa shape index (κ1) is 25.3. The van der Waals surface area contributed by atoms with Gasteiger partial charge < -0.3 is 24.2 Å². The number of carbonyl (C=O) groups is 2. The smallest absolute Gasteiger partial charge is 0.295 e. The molecule has 0 bridgehead atoms. The minimum atomic E-state index is -0.770. The molecule has 34 heavy (non-hydrogen) atoms. The summed E-state index contributed by atoms with van der Waals surface area (Å²) in [5.41, 5.74) is 1.85. The molecule has 1 unspecified atom stereocenters. The van der Waals surface area contributed by atoms with Crippen LogP contribution in [0.5, 0.6) is 11.5 Å². The predicted molar refractivity (Wildman–Crippen MR) is 130 cm³/mol. The van der Waals surface area contributed by atoms with Crippen molar-refractivity contribution in [2.24, 2.45) is 0 Å². The Hall–Kier alpha value is -3.32. The van der Waals surface area contributed by atoms with E-state index in [-0.39, 0.29) is 29.9 Å². The van der Waals surface area contributed by atoms with Gasteiger partial charge in [0.05, 0.1) is 37.5 Å². The average Bonchev–Trinajstić information content (AvgIpc) is 3.06. The zero-order valence-corrected chi connectivity index (χ0v) is 20.7. The van der Waals surface area contributed by atoms with Crippen LogP contribution in [0.4, 0.5) is 0 Å². The number of aliphatic hydroxyl groups excluding tert-OH is 1. The molecule has 1 saturated heterocycles. The number of rotatable bonds is 8. The third-order valence-electron chi connectivity index (χ3n) is 5.90. The fraction of sp³-hybridized carbons (Fsp3) is 0.407. The van der Waals surface area contributed by atoms with Crippen molar-refractivity contribution >= 4 is 17.4 Å². The lowest BCUT2D eigenvalue weighted by Gasteiger charge is -2.26. The van der Waals surface area contributed by atoms with Crippen molar-refractivity contribution in [3.63, 3.8) is 0 Å². The van der Waals surface area contributed by atoms with Crippen LogP contribution in [-0.2, 0) is 19.7 Å². The molecular formula is C27H33NO6. The average molecular weight is 468 g/mol. The SMILES string of the molecule is CCOc1ccc(C2/C(=C(\O)c3cc(C(C)(C)C)ccc3OC)C(=O)C(=O)N2CCOC)cc1. The summed E-state index contributed by atoms with van der Waals surface area (Å²) in [5.74, 6) is -0.585. The van der Waals surface area contributed by atoms with Crippen LogP contribution in [0, 0.1) is 0 Å². The number of aliphatic hydroxyl groups is 1. The lowest BCUT2D eigenvalue weighted by molar-refractivity contribution is -0.140. The predicted octanol–water partition coefficient (Wildman–Crippen LogP) is 4.46. The highest BCUT2D eigenvalue weighted by atomic mass is 16.5. The van der Waals surface area contributed by atoms with E-state index in [2.05, 4.69) is 20.8 Å². The first-order valence-electron chi connectivity index (χ1n) is 11.3. The van der Waals surface area contributed by atoms with E-state index in [0.717, 1.165) is 5.56 Å². The van der Waals surface area contributed by atoms with Gasteiger partial charge in [-0.1, -0.05) is 39.0 Å². The summed E-state index contributed by atoms with van der Waals surface area (Å²) in [6.07, 6.45) is 0. The third kappa shape index (κ3) is 4.94. The maximum Gasteiger partial charge on any atom is 0.295 e. The Kier molecular flexibility index (Phi) is 7.67. The van der Waals surface area contributed by atoms with Crippen molar-refractivity contribution in [1.29, 1.82) is 0 Å². The number of amides is 1. The van der Waals surface area contributed by atoms with Crippen molar-refractivity contribution in [2.75, 3.05) is 34.0 Å². The van der Waals surface area contributed by atoms with Crippen LogP contribution >= 0.6 is 0 Å². The number of ether oxygens (including phenoxy) is 3. The Balaban J connectivity index is 2.21. The van der Waals surface area contributed by atoms with Crippen LogP contribution in [0.25, 0.3) is 5.76 Å². The zero-order valence-electron chi connectivity index (χ0n) is 20.7. The number of hydrogen-bond donors (Lipinski definition) is 1. The second-order valence-electron chi connectivity index (χ2n) is 9.15.